The number of nitrogens with zero attached hydrogens (tertiary/aromatic N) is 4. The van der Waals surface area contributed by atoms with Gasteiger partial charge in [-0.25, -0.2) is 4.98 Å². The molecule has 2 unspecified atom stereocenters. The van der Waals surface area contributed by atoms with Gasteiger partial charge in [0.25, 0.3) is 0 Å². The summed E-state index contributed by atoms with van der Waals surface area (Å²) in [6.07, 6.45) is 3.65. The number of aliphatic hydroxyl groups excluding tert-OH is 1. The van der Waals surface area contributed by atoms with E-state index in [2.05, 4.69) is 25.4 Å². The molecule has 0 aliphatic carbocycles. The highest BCUT2D eigenvalue weighted by molar-refractivity contribution is 7.32. The Bertz CT molecular complexity index is 854. The molecule has 4 atom stereocenters. The summed E-state index contributed by atoms with van der Waals surface area (Å²) in [5.41, 5.74) is 4.21. The van der Waals surface area contributed by atoms with E-state index in [0.29, 0.717) is 0 Å². The van der Waals surface area contributed by atoms with Crippen molar-refractivity contribution in [1.29, 1.82) is 0 Å². The van der Waals surface area contributed by atoms with Crippen LogP contribution in [0.25, 0.3) is 11.2 Å². The molecule has 2 aromatic rings. The van der Waals surface area contributed by atoms with Crippen LogP contribution in [-0.4, -0.2) is 47.8 Å². The molecule has 2 aromatic heterocycles. The fourth-order valence-corrected chi connectivity index (χ4v) is 2.85. The van der Waals surface area contributed by atoms with Crippen molar-refractivity contribution in [3.8, 4) is 12.3 Å². The summed E-state index contributed by atoms with van der Waals surface area (Å²) in [5, 5.41) is 10.2. The fourth-order valence-electron chi connectivity index (χ4n) is 2.51. The van der Waals surface area contributed by atoms with Crippen LogP contribution in [-0.2, 0) is 13.8 Å². The van der Waals surface area contributed by atoms with Crippen LogP contribution in [0.15, 0.2) is 6.33 Å². The quantitative estimate of drug-likeness (QED) is 0.378. The number of terminal acetylenes is 1. The second kappa shape index (κ2) is 6.08. The molecule has 0 spiro atoms. The second-order valence-corrected chi connectivity index (χ2v) is 5.93. The molecule has 24 heavy (non-hydrogen) atoms. The Kier molecular flexibility index (Phi) is 4.25. The summed E-state index contributed by atoms with van der Waals surface area (Å²) < 4.78 is 35.8. The molecule has 12 heteroatoms. The van der Waals surface area contributed by atoms with E-state index in [4.69, 9.17) is 21.8 Å². The van der Waals surface area contributed by atoms with Crippen molar-refractivity contribution in [2.75, 3.05) is 12.3 Å². The Morgan fingerprint density at radius 3 is 3.08 bits per heavy atom. The number of aromatic nitrogens is 4. The van der Waals surface area contributed by atoms with Crippen LogP contribution >= 0.6 is 8.25 Å². The molecule has 10 nitrogen and oxygen atoms in total. The van der Waals surface area contributed by atoms with Crippen molar-refractivity contribution < 1.29 is 28.2 Å². The molecule has 1 fully saturated rings. The van der Waals surface area contributed by atoms with E-state index in [1.807, 2.05) is 0 Å². The van der Waals surface area contributed by atoms with Gasteiger partial charge in [0.1, 0.15) is 12.3 Å². The molecule has 3 heterocycles. The van der Waals surface area contributed by atoms with Crippen LogP contribution in [0.4, 0.5) is 10.2 Å². The summed E-state index contributed by atoms with van der Waals surface area (Å²) in [6, 6.07) is 0. The summed E-state index contributed by atoms with van der Waals surface area (Å²) in [4.78, 5) is 19.8. The Labute approximate surface area is 135 Å². The highest BCUT2D eigenvalue weighted by Crippen LogP contribution is 2.39. The molecule has 0 saturated carbocycles. The first-order chi connectivity index (χ1) is 11.4. The lowest BCUT2D eigenvalue weighted by atomic mass is 9.99. The van der Waals surface area contributed by atoms with E-state index < -0.39 is 38.9 Å². The molecular weight excluding hydrogens is 344 g/mol. The van der Waals surface area contributed by atoms with Gasteiger partial charge in [0.15, 0.2) is 22.6 Å². The first kappa shape index (κ1) is 16.8. The number of ether oxygens (including phenoxy) is 1. The minimum Gasteiger partial charge on any atom is -0.389 e. The van der Waals surface area contributed by atoms with Gasteiger partial charge in [0.2, 0.25) is 0 Å². The molecule has 1 saturated heterocycles. The van der Waals surface area contributed by atoms with E-state index >= 15 is 0 Å². The highest BCUT2D eigenvalue weighted by atomic mass is 31.1. The van der Waals surface area contributed by atoms with Crippen molar-refractivity contribution >= 4 is 25.2 Å². The average molecular weight is 357 g/mol. The van der Waals surface area contributed by atoms with Gasteiger partial charge in [0, 0.05) is 6.42 Å². The molecule has 4 N–H and O–H groups in total. The van der Waals surface area contributed by atoms with Crippen molar-refractivity contribution in [3.05, 3.63) is 12.4 Å². The largest absolute Gasteiger partial charge is 0.389 e. The van der Waals surface area contributed by atoms with Crippen molar-refractivity contribution in [2.24, 2.45) is 0 Å². The van der Waals surface area contributed by atoms with Gasteiger partial charge in [0.05, 0.1) is 12.9 Å². The van der Waals surface area contributed by atoms with Crippen LogP contribution in [0.2, 0.25) is 0 Å². The normalized spacial score (nSPS) is 28.1. The lowest BCUT2D eigenvalue weighted by molar-refractivity contribution is -0.0843. The molecule has 0 bridgehead atoms. The first-order valence-electron chi connectivity index (χ1n) is 6.71. The number of aliphatic hydroxyl groups is 1. The lowest BCUT2D eigenvalue weighted by Gasteiger charge is -2.25. The summed E-state index contributed by atoms with van der Waals surface area (Å²) in [7, 11) is -3.25. The molecule has 1 aliphatic heterocycles. The maximum absolute atomic E-state index is 13.4. The summed E-state index contributed by atoms with van der Waals surface area (Å²) in [6.45, 7) is -0.479. The number of nitrogens with two attached hydrogens (primary N) is 1. The Hall–Kier alpha value is -2.09. The minimum absolute atomic E-state index is 0.0108. The molecule has 0 aromatic carbocycles. The summed E-state index contributed by atoms with van der Waals surface area (Å²) in [5.74, 6) is 2.11. The predicted octanol–water partition coefficient (Wildman–Crippen LogP) is -0.402. The second-order valence-electron chi connectivity index (χ2n) is 5.11. The van der Waals surface area contributed by atoms with Gasteiger partial charge in [-0.3, -0.25) is 9.13 Å². The lowest BCUT2D eigenvalue weighted by Crippen LogP contribution is -2.42. The third-order valence-electron chi connectivity index (χ3n) is 3.70. The van der Waals surface area contributed by atoms with Crippen LogP contribution in [0, 0.1) is 18.4 Å². The third-order valence-corrected chi connectivity index (χ3v) is 4.09. The van der Waals surface area contributed by atoms with Crippen molar-refractivity contribution in [3.63, 3.8) is 0 Å². The standard InChI is InChI=1S/C12H13FN5O5P/c1-2-12(4-22-24(20)21)6(19)3-7(23-12)18-5-15-8-9(14)16-11(13)17-10(8)18/h1,5-7,19,24H,3-4H2,(H,20,21)(H2,14,16,17)/t6?,7-,12-/m1/s1. The Morgan fingerprint density at radius 2 is 2.42 bits per heavy atom. The topological polar surface area (TPSA) is 146 Å². The van der Waals surface area contributed by atoms with E-state index in [-0.39, 0.29) is 23.4 Å². The highest BCUT2D eigenvalue weighted by Gasteiger charge is 2.48. The van der Waals surface area contributed by atoms with Gasteiger partial charge >= 0.3 is 14.3 Å². The number of hydrogen-bond donors (Lipinski definition) is 3. The number of rotatable bonds is 4. The first-order valence-corrected chi connectivity index (χ1v) is 7.97. The third kappa shape index (κ3) is 2.75. The number of halogens is 1. The zero-order valence-electron chi connectivity index (χ0n) is 12.1. The number of nitrogen functional groups attached to an aromatic ring is 1. The predicted molar refractivity (Wildman–Crippen MR) is 79.2 cm³/mol. The molecule has 3 rings (SSSR count). The van der Waals surface area contributed by atoms with Crippen LogP contribution in [0.3, 0.4) is 0 Å². The van der Waals surface area contributed by atoms with Gasteiger partial charge in [-0.05, 0) is 0 Å². The van der Waals surface area contributed by atoms with Crippen LogP contribution in [0.1, 0.15) is 12.6 Å². The van der Waals surface area contributed by atoms with E-state index in [1.165, 1.54) is 10.9 Å². The number of imidazole rings is 1. The van der Waals surface area contributed by atoms with Crippen LogP contribution < -0.4 is 5.73 Å². The molecular formula is C12H13FN5O5P. The number of hydrogen-bond acceptors (Lipinski definition) is 8. The molecule has 0 radical (unpaired) electrons. The maximum Gasteiger partial charge on any atom is 0.316 e. The zero-order valence-corrected chi connectivity index (χ0v) is 13.1. The minimum atomic E-state index is -3.25. The Morgan fingerprint density at radius 1 is 1.67 bits per heavy atom. The average Bonchev–Trinajstić information content (AvgIpc) is 3.07. The van der Waals surface area contributed by atoms with Crippen molar-refractivity contribution in [2.45, 2.75) is 24.4 Å². The van der Waals surface area contributed by atoms with Gasteiger partial charge in [-0.1, -0.05) is 5.92 Å². The van der Waals surface area contributed by atoms with Gasteiger partial charge in [-0.15, -0.1) is 6.42 Å². The van der Waals surface area contributed by atoms with E-state index in [9.17, 15) is 14.1 Å². The zero-order chi connectivity index (χ0) is 17.5. The number of anilines is 1. The SMILES string of the molecule is C#C[C@]1(CO[PH](=O)O)O[C@@H](n2cnc3c(N)nc(F)nc32)CC1O. The van der Waals surface area contributed by atoms with E-state index in [1.54, 1.807) is 0 Å². The fraction of sp³-hybridized carbons (Fsp3) is 0.417. The van der Waals surface area contributed by atoms with E-state index in [0.717, 1.165) is 0 Å². The summed E-state index contributed by atoms with van der Waals surface area (Å²) >= 11 is 0. The molecule has 128 valence electrons. The van der Waals surface area contributed by atoms with Crippen LogP contribution in [0.5, 0.6) is 0 Å². The smallest absolute Gasteiger partial charge is 0.316 e. The monoisotopic (exact) mass is 357 g/mol. The van der Waals surface area contributed by atoms with Crippen molar-refractivity contribution in [1.82, 2.24) is 19.5 Å². The maximum atomic E-state index is 13.4. The number of fused-ring (bicyclic) bond motifs is 1. The molecule has 1 aliphatic rings. The van der Waals surface area contributed by atoms with Gasteiger partial charge in [-0.2, -0.15) is 14.4 Å². The molecule has 0 amide bonds. The Balaban J connectivity index is 1.95. The van der Waals surface area contributed by atoms with Gasteiger partial charge < -0.3 is 25.0 Å².